The molecule has 4 aromatic rings. The molecule has 1 N–H and O–H groups in total. The van der Waals surface area contributed by atoms with E-state index in [0.29, 0.717) is 38.3 Å². The van der Waals surface area contributed by atoms with Crippen LogP contribution in [0.2, 0.25) is 0 Å². The Balaban J connectivity index is 1.53. The quantitative estimate of drug-likeness (QED) is 0.409. The average molecular weight is 495 g/mol. The molecule has 0 aliphatic carbocycles. The monoisotopic (exact) mass is 494 g/mol. The molecule has 1 aliphatic rings. The molecular weight excluding hydrogens is 472 g/mol. The molecule has 3 aromatic heterocycles. The van der Waals surface area contributed by atoms with Gasteiger partial charge in [-0.3, -0.25) is 18.7 Å². The van der Waals surface area contributed by atoms with Gasteiger partial charge in [0.15, 0.2) is 0 Å². The van der Waals surface area contributed by atoms with Crippen molar-refractivity contribution in [2.45, 2.75) is 32.0 Å². The summed E-state index contributed by atoms with van der Waals surface area (Å²) in [5, 5.41) is 3.38. The molecule has 5 rings (SSSR count). The van der Waals surface area contributed by atoms with Crippen LogP contribution >= 0.6 is 11.3 Å². The number of methoxy groups -OCH3 is 1. The van der Waals surface area contributed by atoms with E-state index in [-0.39, 0.29) is 19.2 Å². The normalized spacial score (nSPS) is 15.5. The Hall–Kier alpha value is -3.83. The highest BCUT2D eigenvalue weighted by molar-refractivity contribution is 7.25. The number of rotatable bonds is 6. The molecular formula is C24H22N4O6S. The number of hydrogen-bond acceptors (Lipinski definition) is 8. The third kappa shape index (κ3) is 4.35. The van der Waals surface area contributed by atoms with E-state index in [2.05, 4.69) is 15.0 Å². The van der Waals surface area contributed by atoms with Crippen LogP contribution in [0, 0.1) is 0 Å². The second-order valence-electron chi connectivity index (χ2n) is 8.17. The molecule has 1 amide bonds. The predicted octanol–water partition coefficient (Wildman–Crippen LogP) is 2.38. The van der Waals surface area contributed by atoms with Gasteiger partial charge in [0.05, 0.1) is 30.8 Å². The zero-order chi connectivity index (χ0) is 24.5. The summed E-state index contributed by atoms with van der Waals surface area (Å²) >= 11 is 1.20. The number of benzene rings is 1. The van der Waals surface area contributed by atoms with E-state index in [9.17, 15) is 19.2 Å². The number of ether oxygens (including phenoxy) is 2. The molecule has 1 aromatic carbocycles. The predicted molar refractivity (Wildman–Crippen MR) is 131 cm³/mol. The molecule has 4 heterocycles. The van der Waals surface area contributed by atoms with Crippen molar-refractivity contribution in [3.8, 4) is 0 Å². The summed E-state index contributed by atoms with van der Waals surface area (Å²) in [6.45, 7) is 0.423. The van der Waals surface area contributed by atoms with Gasteiger partial charge in [0.25, 0.3) is 5.56 Å². The van der Waals surface area contributed by atoms with Crippen molar-refractivity contribution in [3.05, 3.63) is 69.0 Å². The fraction of sp³-hybridized carbons (Fsp3) is 0.292. The molecule has 10 nitrogen and oxygen atoms in total. The average Bonchev–Trinajstić information content (AvgIpc) is 3.52. The third-order valence-electron chi connectivity index (χ3n) is 5.91. The second kappa shape index (κ2) is 9.43. The van der Waals surface area contributed by atoms with Crippen LogP contribution in [-0.4, -0.2) is 45.8 Å². The summed E-state index contributed by atoms with van der Waals surface area (Å²) in [6, 6.07) is 9.72. The zero-order valence-electron chi connectivity index (χ0n) is 18.9. The van der Waals surface area contributed by atoms with Gasteiger partial charge in [-0.1, -0.05) is 0 Å². The Morgan fingerprint density at radius 3 is 2.71 bits per heavy atom. The van der Waals surface area contributed by atoms with E-state index in [4.69, 9.17) is 4.74 Å². The summed E-state index contributed by atoms with van der Waals surface area (Å²) in [6.07, 6.45) is 3.04. The molecule has 1 saturated heterocycles. The van der Waals surface area contributed by atoms with Gasteiger partial charge < -0.3 is 14.8 Å². The van der Waals surface area contributed by atoms with Crippen molar-refractivity contribution in [2.24, 2.45) is 0 Å². The summed E-state index contributed by atoms with van der Waals surface area (Å²) < 4.78 is 13.2. The maximum atomic E-state index is 13.5. The van der Waals surface area contributed by atoms with Crippen LogP contribution < -0.4 is 16.6 Å². The number of fused-ring (bicyclic) bond motifs is 3. The van der Waals surface area contributed by atoms with Crippen LogP contribution in [0.4, 0.5) is 5.69 Å². The molecule has 0 saturated carbocycles. The summed E-state index contributed by atoms with van der Waals surface area (Å²) in [5.41, 5.74) is 0.225. The maximum Gasteiger partial charge on any atom is 0.337 e. The topological polar surface area (TPSA) is 122 Å². The molecule has 0 bridgehead atoms. The van der Waals surface area contributed by atoms with Gasteiger partial charge in [0, 0.05) is 23.9 Å². The zero-order valence-corrected chi connectivity index (χ0v) is 19.7. The Kier molecular flexibility index (Phi) is 6.18. The van der Waals surface area contributed by atoms with Crippen LogP contribution in [0.15, 0.2) is 52.2 Å². The molecule has 1 atom stereocenters. The first-order valence-corrected chi connectivity index (χ1v) is 11.9. The summed E-state index contributed by atoms with van der Waals surface area (Å²) in [4.78, 5) is 56.3. The van der Waals surface area contributed by atoms with Crippen LogP contribution in [0.25, 0.3) is 20.4 Å². The lowest BCUT2D eigenvalue weighted by molar-refractivity contribution is -0.116. The van der Waals surface area contributed by atoms with Crippen molar-refractivity contribution >= 4 is 49.3 Å². The van der Waals surface area contributed by atoms with Gasteiger partial charge in [-0.15, -0.1) is 11.3 Å². The summed E-state index contributed by atoms with van der Waals surface area (Å²) in [7, 11) is 1.29. The number of nitrogens with one attached hydrogen (secondary N) is 1. The minimum absolute atomic E-state index is 0.131. The standard InChI is InChI=1S/C24H22N4O6S/c1-33-23(31)14-6-8-15(9-7-14)26-18(29)13-27-19-17-5-2-10-25-21(17)35-20(19)22(30)28(24(27)32)12-16-4-3-11-34-16/h2,5-10,16H,3-4,11-13H2,1H3,(H,26,29)/t16-/m1/s1. The van der Waals surface area contributed by atoms with Crippen LogP contribution in [0.5, 0.6) is 0 Å². The molecule has 0 spiro atoms. The highest BCUT2D eigenvalue weighted by Gasteiger charge is 2.24. The Bertz CT molecular complexity index is 1550. The SMILES string of the molecule is COC(=O)c1ccc(NC(=O)Cn2c(=O)n(C[C@H]3CCCO3)c(=O)c3sc4ncccc4c32)cc1. The number of esters is 1. The van der Waals surface area contributed by atoms with Gasteiger partial charge >= 0.3 is 11.7 Å². The first-order chi connectivity index (χ1) is 17.0. The Morgan fingerprint density at radius 1 is 1.20 bits per heavy atom. The summed E-state index contributed by atoms with van der Waals surface area (Å²) in [5.74, 6) is -0.937. The van der Waals surface area contributed by atoms with Crippen molar-refractivity contribution in [1.29, 1.82) is 0 Å². The maximum absolute atomic E-state index is 13.5. The molecule has 0 radical (unpaired) electrons. The van der Waals surface area contributed by atoms with Crippen LogP contribution in [0.3, 0.4) is 0 Å². The van der Waals surface area contributed by atoms with Crippen LogP contribution in [0.1, 0.15) is 23.2 Å². The number of carbonyl (C=O) groups is 2. The molecule has 0 unspecified atom stereocenters. The van der Waals surface area contributed by atoms with E-state index in [1.54, 1.807) is 30.5 Å². The van der Waals surface area contributed by atoms with E-state index in [1.165, 1.54) is 35.1 Å². The van der Waals surface area contributed by atoms with Crippen molar-refractivity contribution in [3.63, 3.8) is 0 Å². The number of thiophene rings is 1. The number of aromatic nitrogens is 3. The van der Waals surface area contributed by atoms with E-state index < -0.39 is 23.1 Å². The van der Waals surface area contributed by atoms with E-state index >= 15 is 0 Å². The van der Waals surface area contributed by atoms with Crippen molar-refractivity contribution in [1.82, 2.24) is 14.1 Å². The largest absolute Gasteiger partial charge is 0.465 e. The molecule has 180 valence electrons. The van der Waals surface area contributed by atoms with E-state index in [1.807, 2.05) is 0 Å². The molecule has 1 fully saturated rings. The minimum atomic E-state index is -0.572. The molecule has 35 heavy (non-hydrogen) atoms. The number of pyridine rings is 1. The molecule has 11 heteroatoms. The Morgan fingerprint density at radius 2 is 2.00 bits per heavy atom. The highest BCUT2D eigenvalue weighted by atomic mass is 32.1. The number of anilines is 1. The first-order valence-electron chi connectivity index (χ1n) is 11.1. The van der Waals surface area contributed by atoms with Crippen molar-refractivity contribution < 1.29 is 19.1 Å². The lowest BCUT2D eigenvalue weighted by Gasteiger charge is -2.15. The number of carbonyl (C=O) groups excluding carboxylic acids is 2. The minimum Gasteiger partial charge on any atom is -0.465 e. The number of amides is 1. The smallest absolute Gasteiger partial charge is 0.337 e. The fourth-order valence-corrected chi connectivity index (χ4v) is 5.33. The van der Waals surface area contributed by atoms with E-state index in [0.717, 1.165) is 17.4 Å². The van der Waals surface area contributed by atoms with Gasteiger partial charge in [-0.05, 0) is 49.2 Å². The van der Waals surface area contributed by atoms with Gasteiger partial charge in [-0.25, -0.2) is 14.6 Å². The number of hydrogen-bond donors (Lipinski definition) is 1. The Labute approximate surface area is 202 Å². The molecule has 1 aliphatic heterocycles. The third-order valence-corrected chi connectivity index (χ3v) is 7.00. The van der Waals surface area contributed by atoms with Gasteiger partial charge in [0.1, 0.15) is 16.1 Å². The van der Waals surface area contributed by atoms with Crippen LogP contribution in [-0.2, 0) is 27.4 Å². The van der Waals surface area contributed by atoms with Gasteiger partial charge in [0.2, 0.25) is 5.91 Å². The van der Waals surface area contributed by atoms with Crippen molar-refractivity contribution in [2.75, 3.05) is 19.0 Å². The second-order valence-corrected chi connectivity index (χ2v) is 9.17. The number of nitrogens with zero attached hydrogens (tertiary/aromatic N) is 3. The highest BCUT2D eigenvalue weighted by Crippen LogP contribution is 2.29. The fourth-order valence-electron chi connectivity index (χ4n) is 4.23. The lowest BCUT2D eigenvalue weighted by Crippen LogP contribution is -2.43. The van der Waals surface area contributed by atoms with Gasteiger partial charge in [-0.2, -0.15) is 0 Å². The first kappa shape index (κ1) is 22.9. The lowest BCUT2D eigenvalue weighted by atomic mass is 10.2.